The van der Waals surface area contributed by atoms with Crippen LogP contribution in [0.1, 0.15) is 16.1 Å². The molecule has 3 aromatic rings. The molecule has 0 aliphatic heterocycles. The molecular weight excluding hydrogens is 326 g/mol. The summed E-state index contributed by atoms with van der Waals surface area (Å²) < 4.78 is 0. The molecule has 0 atom stereocenters. The first-order valence-corrected chi connectivity index (χ1v) is 7.69. The van der Waals surface area contributed by atoms with Crippen LogP contribution >= 0.6 is 11.6 Å². The van der Waals surface area contributed by atoms with Crippen molar-refractivity contribution in [1.29, 1.82) is 0 Å². The third-order valence-electron chi connectivity index (χ3n) is 3.42. The number of carbonyl (C=O) groups excluding carboxylic acids is 2. The number of pyridine rings is 1. The number of para-hydroxylation sites is 1. The van der Waals surface area contributed by atoms with Crippen molar-refractivity contribution in [3.8, 4) is 0 Å². The topological polar surface area (TPSA) is 71.1 Å². The minimum Gasteiger partial charge on any atom is -0.273 e. The zero-order valence-corrected chi connectivity index (χ0v) is 13.4. The van der Waals surface area contributed by atoms with E-state index in [2.05, 4.69) is 15.8 Å². The van der Waals surface area contributed by atoms with E-state index in [1.807, 2.05) is 30.3 Å². The van der Waals surface area contributed by atoms with E-state index in [-0.39, 0.29) is 18.0 Å². The molecule has 1 aromatic heterocycles. The van der Waals surface area contributed by atoms with E-state index in [4.69, 9.17) is 11.6 Å². The second-order valence-corrected chi connectivity index (χ2v) is 5.63. The molecule has 0 bridgehead atoms. The molecule has 0 saturated heterocycles. The highest BCUT2D eigenvalue weighted by Gasteiger charge is 2.10. The Balaban J connectivity index is 1.59. The maximum absolute atomic E-state index is 12.1. The van der Waals surface area contributed by atoms with Gasteiger partial charge < -0.3 is 0 Å². The van der Waals surface area contributed by atoms with Crippen molar-refractivity contribution in [3.05, 3.63) is 76.9 Å². The molecule has 0 radical (unpaired) electrons. The van der Waals surface area contributed by atoms with Gasteiger partial charge in [0.05, 0.1) is 11.9 Å². The van der Waals surface area contributed by atoms with E-state index in [0.717, 1.165) is 16.5 Å². The van der Waals surface area contributed by atoms with Crippen LogP contribution in [0.3, 0.4) is 0 Å². The Morgan fingerprint density at radius 2 is 1.67 bits per heavy atom. The van der Waals surface area contributed by atoms with Crippen LogP contribution in [0.2, 0.25) is 5.02 Å². The largest absolute Gasteiger partial charge is 0.288 e. The summed E-state index contributed by atoms with van der Waals surface area (Å²) in [6.45, 7) is 0. The molecule has 120 valence electrons. The Morgan fingerprint density at radius 1 is 0.917 bits per heavy atom. The fourth-order valence-electron chi connectivity index (χ4n) is 2.21. The smallest absolute Gasteiger partial charge is 0.273 e. The first kappa shape index (κ1) is 16.0. The number of nitrogens with one attached hydrogen (secondary N) is 2. The van der Waals surface area contributed by atoms with Crippen molar-refractivity contribution in [3.63, 3.8) is 0 Å². The van der Waals surface area contributed by atoms with Gasteiger partial charge in [0.2, 0.25) is 5.91 Å². The number of nitrogens with zero attached hydrogens (tertiary/aromatic N) is 1. The van der Waals surface area contributed by atoms with Gasteiger partial charge in [0, 0.05) is 10.4 Å². The maximum Gasteiger partial charge on any atom is 0.288 e. The van der Waals surface area contributed by atoms with Crippen molar-refractivity contribution < 1.29 is 9.59 Å². The molecule has 2 aromatic carbocycles. The lowest BCUT2D eigenvalue weighted by Crippen LogP contribution is -2.42. The quantitative estimate of drug-likeness (QED) is 0.721. The molecule has 5 nitrogen and oxygen atoms in total. The molecule has 2 N–H and O–H groups in total. The predicted octanol–water partition coefficient (Wildman–Crippen LogP) is 2.89. The van der Waals surface area contributed by atoms with Crippen molar-refractivity contribution in [2.24, 2.45) is 0 Å². The third-order valence-corrected chi connectivity index (χ3v) is 3.68. The first-order chi connectivity index (χ1) is 11.6. The zero-order chi connectivity index (χ0) is 16.9. The predicted molar refractivity (Wildman–Crippen MR) is 92.5 cm³/mol. The lowest BCUT2D eigenvalue weighted by molar-refractivity contribution is -0.121. The molecule has 6 heteroatoms. The highest BCUT2D eigenvalue weighted by atomic mass is 35.5. The highest BCUT2D eigenvalue weighted by Crippen LogP contribution is 2.12. The van der Waals surface area contributed by atoms with Crippen LogP contribution in [-0.2, 0) is 11.2 Å². The lowest BCUT2D eigenvalue weighted by Gasteiger charge is -2.08. The van der Waals surface area contributed by atoms with Gasteiger partial charge in [0.15, 0.2) is 0 Å². The average Bonchev–Trinajstić information content (AvgIpc) is 2.61. The SMILES string of the molecule is O=C(Cc1ccc(Cl)cc1)NNC(=O)c1ccc2ccccc2n1. The van der Waals surface area contributed by atoms with Crippen molar-refractivity contribution in [2.45, 2.75) is 6.42 Å². The molecule has 24 heavy (non-hydrogen) atoms. The fourth-order valence-corrected chi connectivity index (χ4v) is 2.34. The zero-order valence-electron chi connectivity index (χ0n) is 12.6. The van der Waals surface area contributed by atoms with E-state index >= 15 is 0 Å². The summed E-state index contributed by atoms with van der Waals surface area (Å²) in [5.74, 6) is -0.795. The minimum absolute atomic E-state index is 0.141. The molecular formula is C18H14ClN3O2. The number of carbonyl (C=O) groups is 2. The van der Waals surface area contributed by atoms with Gasteiger partial charge >= 0.3 is 0 Å². The Bertz CT molecular complexity index is 894. The van der Waals surface area contributed by atoms with Crippen LogP contribution < -0.4 is 10.9 Å². The number of halogens is 1. The van der Waals surface area contributed by atoms with E-state index in [1.165, 1.54) is 0 Å². The number of aromatic nitrogens is 1. The maximum atomic E-state index is 12.1. The van der Waals surface area contributed by atoms with Gasteiger partial charge in [-0.05, 0) is 29.8 Å². The van der Waals surface area contributed by atoms with E-state index in [9.17, 15) is 9.59 Å². The second-order valence-electron chi connectivity index (χ2n) is 5.19. The van der Waals surface area contributed by atoms with Gasteiger partial charge in [-0.25, -0.2) is 4.98 Å². The van der Waals surface area contributed by atoms with Crippen LogP contribution in [0.4, 0.5) is 0 Å². The number of benzene rings is 2. The van der Waals surface area contributed by atoms with Gasteiger partial charge in [-0.1, -0.05) is 48.0 Å². The number of amides is 2. The summed E-state index contributed by atoms with van der Waals surface area (Å²) in [7, 11) is 0. The fraction of sp³-hybridized carbons (Fsp3) is 0.0556. The van der Waals surface area contributed by atoms with Gasteiger partial charge in [-0.3, -0.25) is 20.4 Å². The molecule has 1 heterocycles. The summed E-state index contributed by atoms with van der Waals surface area (Å²) in [5, 5.41) is 1.55. The number of hydrazine groups is 1. The third kappa shape index (κ3) is 3.88. The van der Waals surface area contributed by atoms with Gasteiger partial charge in [0.1, 0.15) is 5.69 Å². The van der Waals surface area contributed by atoms with Crippen LogP contribution in [0, 0.1) is 0 Å². The number of rotatable bonds is 3. The summed E-state index contributed by atoms with van der Waals surface area (Å²) in [6, 6.07) is 17.9. The first-order valence-electron chi connectivity index (χ1n) is 7.31. The number of hydrogen-bond donors (Lipinski definition) is 2. The number of hydrogen-bond acceptors (Lipinski definition) is 3. The van der Waals surface area contributed by atoms with Crippen LogP contribution in [0.25, 0.3) is 10.9 Å². The highest BCUT2D eigenvalue weighted by molar-refractivity contribution is 6.30. The summed E-state index contributed by atoms with van der Waals surface area (Å²) in [5.41, 5.74) is 6.51. The van der Waals surface area contributed by atoms with Crippen LogP contribution in [0.5, 0.6) is 0 Å². The molecule has 0 fully saturated rings. The van der Waals surface area contributed by atoms with Gasteiger partial charge in [-0.2, -0.15) is 0 Å². The lowest BCUT2D eigenvalue weighted by atomic mass is 10.1. The van der Waals surface area contributed by atoms with Gasteiger partial charge in [-0.15, -0.1) is 0 Å². The number of fused-ring (bicyclic) bond motifs is 1. The molecule has 0 spiro atoms. The van der Waals surface area contributed by atoms with Gasteiger partial charge in [0.25, 0.3) is 5.91 Å². The van der Waals surface area contributed by atoms with E-state index in [0.29, 0.717) is 5.02 Å². The van der Waals surface area contributed by atoms with Crippen molar-refractivity contribution in [1.82, 2.24) is 15.8 Å². The molecule has 3 rings (SSSR count). The molecule has 2 amide bonds. The molecule has 0 saturated carbocycles. The Labute approximate surface area is 143 Å². The summed E-state index contributed by atoms with van der Waals surface area (Å²) in [6.07, 6.45) is 0.141. The average molecular weight is 340 g/mol. The Hall–Kier alpha value is -2.92. The standard InChI is InChI=1S/C18H14ClN3O2/c19-14-8-5-12(6-9-14)11-17(23)21-22-18(24)16-10-7-13-3-1-2-4-15(13)20-16/h1-10H,11H2,(H,21,23)(H,22,24). The van der Waals surface area contributed by atoms with E-state index < -0.39 is 5.91 Å². The van der Waals surface area contributed by atoms with E-state index in [1.54, 1.807) is 30.3 Å². The summed E-state index contributed by atoms with van der Waals surface area (Å²) >= 11 is 5.80. The molecule has 0 unspecified atom stereocenters. The monoisotopic (exact) mass is 339 g/mol. The van der Waals surface area contributed by atoms with Crippen molar-refractivity contribution in [2.75, 3.05) is 0 Å². The van der Waals surface area contributed by atoms with Crippen molar-refractivity contribution >= 4 is 34.3 Å². The Morgan fingerprint density at radius 3 is 2.46 bits per heavy atom. The summed E-state index contributed by atoms with van der Waals surface area (Å²) in [4.78, 5) is 28.2. The van der Waals surface area contributed by atoms with Crippen LogP contribution in [0.15, 0.2) is 60.7 Å². The minimum atomic E-state index is -0.467. The Kier molecular flexibility index (Phi) is 4.72. The molecule has 0 aliphatic carbocycles. The van der Waals surface area contributed by atoms with Crippen LogP contribution in [-0.4, -0.2) is 16.8 Å². The normalized spacial score (nSPS) is 10.4. The molecule has 0 aliphatic rings. The second kappa shape index (κ2) is 7.10.